The number of amides is 1. The molecule has 0 saturated carbocycles. The highest BCUT2D eigenvalue weighted by molar-refractivity contribution is 6.52. The van der Waals surface area contributed by atoms with Crippen molar-refractivity contribution in [1.82, 2.24) is 0 Å². The minimum atomic E-state index is -0.639. The second-order valence-electron chi connectivity index (χ2n) is 5.32. The smallest absolute Gasteiger partial charge is 0.299 e. The van der Waals surface area contributed by atoms with Crippen LogP contribution in [0.25, 0.3) is 0 Å². The summed E-state index contributed by atoms with van der Waals surface area (Å²) < 4.78 is 13.4. The molecule has 1 heterocycles. The number of benzene rings is 2. The summed E-state index contributed by atoms with van der Waals surface area (Å²) in [7, 11) is 0. The van der Waals surface area contributed by atoms with Crippen LogP contribution in [0.15, 0.2) is 36.4 Å². The first kappa shape index (κ1) is 13.5. The van der Waals surface area contributed by atoms with Gasteiger partial charge in [-0.15, -0.1) is 0 Å². The van der Waals surface area contributed by atoms with Crippen LogP contribution in [0.4, 0.5) is 10.1 Å². The van der Waals surface area contributed by atoms with Gasteiger partial charge in [-0.1, -0.05) is 29.8 Å². The molecule has 0 aliphatic carbocycles. The van der Waals surface area contributed by atoms with Crippen LogP contribution in [0, 0.1) is 19.7 Å². The number of hydrogen-bond acceptors (Lipinski definition) is 2. The molecule has 0 saturated heterocycles. The van der Waals surface area contributed by atoms with E-state index in [1.54, 1.807) is 6.92 Å². The third-order valence-electron chi connectivity index (χ3n) is 3.68. The zero-order valence-electron chi connectivity index (χ0n) is 11.8. The molecule has 106 valence electrons. The summed E-state index contributed by atoms with van der Waals surface area (Å²) in [5.74, 6) is -1.73. The van der Waals surface area contributed by atoms with Crippen molar-refractivity contribution >= 4 is 17.4 Å². The molecule has 0 spiro atoms. The van der Waals surface area contributed by atoms with E-state index >= 15 is 0 Å². The summed E-state index contributed by atoms with van der Waals surface area (Å²) in [4.78, 5) is 25.6. The number of fused-ring (bicyclic) bond motifs is 1. The molecule has 0 fully saturated rings. The predicted molar refractivity (Wildman–Crippen MR) is 77.8 cm³/mol. The largest absolute Gasteiger partial charge is 0.300 e. The lowest BCUT2D eigenvalue weighted by Gasteiger charge is -2.18. The summed E-state index contributed by atoms with van der Waals surface area (Å²) in [5, 5.41) is 0. The van der Waals surface area contributed by atoms with Gasteiger partial charge in [0.25, 0.3) is 11.7 Å². The minimum Gasteiger partial charge on any atom is -0.300 e. The van der Waals surface area contributed by atoms with Crippen molar-refractivity contribution in [3.63, 3.8) is 0 Å². The number of Topliss-reactive ketones (excluding diaryl/α,β-unsaturated/α-hetero) is 1. The fourth-order valence-electron chi connectivity index (χ4n) is 2.63. The summed E-state index contributed by atoms with van der Waals surface area (Å²) in [5.41, 5.74) is 3.33. The van der Waals surface area contributed by atoms with Gasteiger partial charge in [0.1, 0.15) is 5.82 Å². The maximum atomic E-state index is 13.4. The zero-order chi connectivity index (χ0) is 15.1. The number of ketones is 1. The SMILES string of the molecule is Cc1ccc(CN2C(=O)C(=O)c3cc(F)cc(C)c32)cc1. The average Bonchev–Trinajstić information content (AvgIpc) is 2.67. The molecular weight excluding hydrogens is 269 g/mol. The Kier molecular flexibility index (Phi) is 3.09. The zero-order valence-corrected chi connectivity index (χ0v) is 11.8. The van der Waals surface area contributed by atoms with Gasteiger partial charge in [0.05, 0.1) is 17.8 Å². The second kappa shape index (κ2) is 4.81. The van der Waals surface area contributed by atoms with Crippen LogP contribution < -0.4 is 4.90 Å². The van der Waals surface area contributed by atoms with Crippen molar-refractivity contribution in [1.29, 1.82) is 0 Å². The Labute approximate surface area is 122 Å². The first-order valence-corrected chi connectivity index (χ1v) is 6.69. The molecule has 0 unspecified atom stereocenters. The minimum absolute atomic E-state index is 0.157. The first-order chi connectivity index (χ1) is 9.97. The van der Waals surface area contributed by atoms with E-state index in [2.05, 4.69) is 0 Å². The van der Waals surface area contributed by atoms with Crippen LogP contribution in [-0.2, 0) is 11.3 Å². The number of carbonyl (C=O) groups is 2. The lowest BCUT2D eigenvalue weighted by molar-refractivity contribution is -0.114. The van der Waals surface area contributed by atoms with Crippen LogP contribution >= 0.6 is 0 Å². The predicted octanol–water partition coefficient (Wildman–Crippen LogP) is 3.17. The van der Waals surface area contributed by atoms with Gasteiger partial charge in [0.2, 0.25) is 0 Å². The first-order valence-electron chi connectivity index (χ1n) is 6.69. The maximum Gasteiger partial charge on any atom is 0.299 e. The number of anilines is 1. The fraction of sp³-hybridized carbons (Fsp3) is 0.176. The van der Waals surface area contributed by atoms with Gasteiger partial charge in [-0.05, 0) is 37.1 Å². The second-order valence-corrected chi connectivity index (χ2v) is 5.32. The summed E-state index contributed by atoms with van der Waals surface area (Å²) in [6, 6.07) is 10.2. The Bertz CT molecular complexity index is 750. The van der Waals surface area contributed by atoms with Crippen LogP contribution in [0.2, 0.25) is 0 Å². The highest BCUT2D eigenvalue weighted by atomic mass is 19.1. The van der Waals surface area contributed by atoms with Crippen LogP contribution in [0.5, 0.6) is 0 Å². The number of halogens is 1. The van der Waals surface area contributed by atoms with E-state index in [-0.39, 0.29) is 5.56 Å². The van der Waals surface area contributed by atoms with Gasteiger partial charge in [-0.25, -0.2) is 4.39 Å². The molecular formula is C17H14FNO2. The van der Waals surface area contributed by atoms with Crippen molar-refractivity contribution in [2.45, 2.75) is 20.4 Å². The molecule has 3 rings (SSSR count). The molecule has 0 bridgehead atoms. The van der Waals surface area contributed by atoms with E-state index in [9.17, 15) is 14.0 Å². The molecule has 3 nitrogen and oxygen atoms in total. The topological polar surface area (TPSA) is 37.4 Å². The third kappa shape index (κ3) is 2.23. The molecule has 21 heavy (non-hydrogen) atoms. The molecule has 4 heteroatoms. The van der Waals surface area contributed by atoms with Gasteiger partial charge in [0, 0.05) is 0 Å². The molecule has 2 aromatic rings. The lowest BCUT2D eigenvalue weighted by atomic mass is 10.1. The van der Waals surface area contributed by atoms with E-state index in [4.69, 9.17) is 0 Å². The van der Waals surface area contributed by atoms with Crippen molar-refractivity contribution in [3.8, 4) is 0 Å². The molecule has 0 atom stereocenters. The standard InChI is InChI=1S/C17H14FNO2/c1-10-3-5-12(6-4-10)9-19-15-11(2)7-13(18)8-14(15)16(20)17(19)21/h3-8H,9H2,1-2H3. The lowest BCUT2D eigenvalue weighted by Crippen LogP contribution is -2.29. The highest BCUT2D eigenvalue weighted by Gasteiger charge is 2.37. The Morgan fingerprint density at radius 3 is 2.38 bits per heavy atom. The number of carbonyl (C=O) groups excluding carboxylic acids is 2. The quantitative estimate of drug-likeness (QED) is 0.794. The molecule has 0 aromatic heterocycles. The van der Waals surface area contributed by atoms with Gasteiger partial charge in [-0.3, -0.25) is 9.59 Å². The normalized spacial score (nSPS) is 13.8. The Balaban J connectivity index is 2.03. The summed E-state index contributed by atoms with van der Waals surface area (Å²) in [6.45, 7) is 4.00. The van der Waals surface area contributed by atoms with Crippen LogP contribution in [-0.4, -0.2) is 11.7 Å². The van der Waals surface area contributed by atoms with Crippen LogP contribution in [0.1, 0.15) is 27.0 Å². The molecule has 0 radical (unpaired) electrons. The van der Waals surface area contributed by atoms with Crippen molar-refractivity contribution in [3.05, 3.63) is 64.5 Å². The molecule has 1 amide bonds. The Morgan fingerprint density at radius 2 is 1.71 bits per heavy atom. The molecule has 1 aliphatic rings. The number of nitrogens with zero attached hydrogens (tertiary/aromatic N) is 1. The summed E-state index contributed by atoms with van der Waals surface area (Å²) >= 11 is 0. The number of rotatable bonds is 2. The maximum absolute atomic E-state index is 13.4. The van der Waals surface area contributed by atoms with Gasteiger partial charge < -0.3 is 4.90 Å². The van der Waals surface area contributed by atoms with Gasteiger partial charge in [0.15, 0.2) is 0 Å². The number of hydrogen-bond donors (Lipinski definition) is 0. The van der Waals surface area contributed by atoms with Crippen molar-refractivity contribution in [2.75, 3.05) is 4.90 Å². The van der Waals surface area contributed by atoms with Gasteiger partial charge in [-0.2, -0.15) is 0 Å². The third-order valence-corrected chi connectivity index (χ3v) is 3.68. The summed E-state index contributed by atoms with van der Waals surface area (Å²) in [6.07, 6.45) is 0. The average molecular weight is 283 g/mol. The fourth-order valence-corrected chi connectivity index (χ4v) is 2.63. The van der Waals surface area contributed by atoms with E-state index < -0.39 is 17.5 Å². The highest BCUT2D eigenvalue weighted by Crippen LogP contribution is 2.34. The van der Waals surface area contributed by atoms with Crippen molar-refractivity contribution < 1.29 is 14.0 Å². The molecule has 1 aliphatic heterocycles. The Morgan fingerprint density at radius 1 is 1.05 bits per heavy atom. The van der Waals surface area contributed by atoms with E-state index in [0.717, 1.165) is 17.2 Å². The van der Waals surface area contributed by atoms with E-state index in [0.29, 0.717) is 17.8 Å². The van der Waals surface area contributed by atoms with Gasteiger partial charge >= 0.3 is 0 Å². The molecule has 2 aromatic carbocycles. The van der Waals surface area contributed by atoms with E-state index in [1.165, 1.54) is 11.0 Å². The number of aryl methyl sites for hydroxylation is 2. The van der Waals surface area contributed by atoms with E-state index in [1.807, 2.05) is 31.2 Å². The van der Waals surface area contributed by atoms with Crippen LogP contribution in [0.3, 0.4) is 0 Å². The van der Waals surface area contributed by atoms with Crippen molar-refractivity contribution in [2.24, 2.45) is 0 Å². The monoisotopic (exact) mass is 283 g/mol. The molecule has 0 N–H and O–H groups in total. The Hall–Kier alpha value is -2.49.